The summed E-state index contributed by atoms with van der Waals surface area (Å²) in [5.74, 6) is 6.21. The van der Waals surface area contributed by atoms with Crippen LogP contribution in [0.1, 0.15) is 19.3 Å². The van der Waals surface area contributed by atoms with Crippen molar-refractivity contribution in [2.24, 2.45) is 5.84 Å². The summed E-state index contributed by atoms with van der Waals surface area (Å²) in [4.78, 5) is 18.2. The summed E-state index contributed by atoms with van der Waals surface area (Å²) >= 11 is 12.2. The maximum absolute atomic E-state index is 12.0. The monoisotopic (exact) mass is 317 g/mol. The summed E-state index contributed by atoms with van der Waals surface area (Å²) in [6.45, 7) is 0.719. The van der Waals surface area contributed by atoms with E-state index >= 15 is 0 Å². The number of piperidine rings is 1. The molecule has 1 aromatic heterocycles. The number of pyridine rings is 1. The highest BCUT2D eigenvalue weighted by Crippen LogP contribution is 2.34. The number of rotatable bonds is 3. The standard InChI is InChI=1S/C12H17Cl2N5O/c1-16-12(20)9-4-2-3-5-19(9)11-8(14)6-7(13)10(17-11)18-15/h6,9H,2-5,15H2,1H3,(H,16,20)(H,17,18). The maximum atomic E-state index is 12.0. The average Bonchev–Trinajstić information content (AvgIpc) is 2.47. The van der Waals surface area contributed by atoms with Crippen molar-refractivity contribution >= 4 is 40.7 Å². The van der Waals surface area contributed by atoms with Crippen molar-refractivity contribution in [3.63, 3.8) is 0 Å². The molecule has 1 unspecified atom stereocenters. The molecule has 1 aliphatic heterocycles. The molecule has 2 heterocycles. The van der Waals surface area contributed by atoms with E-state index in [0.29, 0.717) is 21.7 Å². The number of halogens is 2. The molecule has 8 heteroatoms. The lowest BCUT2D eigenvalue weighted by Gasteiger charge is -2.36. The fraction of sp³-hybridized carbons (Fsp3) is 0.500. The molecule has 1 aromatic rings. The second-order valence-corrected chi connectivity index (χ2v) is 5.40. The van der Waals surface area contributed by atoms with Gasteiger partial charge in [0.2, 0.25) is 5.91 Å². The molecule has 1 amide bonds. The van der Waals surface area contributed by atoms with Crippen molar-refractivity contribution in [1.29, 1.82) is 0 Å². The third kappa shape index (κ3) is 2.92. The van der Waals surface area contributed by atoms with Gasteiger partial charge in [0, 0.05) is 13.6 Å². The van der Waals surface area contributed by atoms with E-state index in [1.54, 1.807) is 13.1 Å². The van der Waals surface area contributed by atoms with E-state index in [2.05, 4.69) is 15.7 Å². The van der Waals surface area contributed by atoms with Gasteiger partial charge in [0.15, 0.2) is 11.6 Å². The Morgan fingerprint density at radius 2 is 2.20 bits per heavy atom. The van der Waals surface area contributed by atoms with Crippen molar-refractivity contribution < 1.29 is 4.79 Å². The van der Waals surface area contributed by atoms with Gasteiger partial charge in [0.25, 0.3) is 0 Å². The van der Waals surface area contributed by atoms with Crippen LogP contribution in [0.25, 0.3) is 0 Å². The topological polar surface area (TPSA) is 83.3 Å². The van der Waals surface area contributed by atoms with Crippen LogP contribution in [0.4, 0.5) is 11.6 Å². The Labute approximate surface area is 127 Å². The minimum Gasteiger partial charge on any atom is -0.357 e. The summed E-state index contributed by atoms with van der Waals surface area (Å²) in [5, 5.41) is 3.43. The molecule has 0 saturated carbocycles. The summed E-state index contributed by atoms with van der Waals surface area (Å²) in [5.41, 5.74) is 2.43. The molecule has 1 atom stereocenters. The first-order valence-electron chi connectivity index (χ1n) is 6.39. The maximum Gasteiger partial charge on any atom is 0.242 e. The number of hydrazine groups is 1. The number of nitrogens with one attached hydrogen (secondary N) is 2. The van der Waals surface area contributed by atoms with Crippen LogP contribution >= 0.6 is 23.2 Å². The smallest absolute Gasteiger partial charge is 0.242 e. The van der Waals surface area contributed by atoms with Crippen molar-refractivity contribution in [2.75, 3.05) is 23.9 Å². The summed E-state index contributed by atoms with van der Waals surface area (Å²) in [7, 11) is 1.62. The largest absolute Gasteiger partial charge is 0.357 e. The number of nitrogens with two attached hydrogens (primary N) is 1. The number of likely N-dealkylation sites (N-methyl/N-ethyl adjacent to an activating group) is 1. The van der Waals surface area contributed by atoms with Crippen LogP contribution in [0.15, 0.2) is 6.07 Å². The van der Waals surface area contributed by atoms with Crippen molar-refractivity contribution in [3.8, 4) is 0 Å². The minimum atomic E-state index is -0.273. The molecule has 0 aliphatic carbocycles. The van der Waals surface area contributed by atoms with E-state index < -0.39 is 0 Å². The molecular formula is C12H17Cl2N5O. The van der Waals surface area contributed by atoms with Crippen LogP contribution in [-0.2, 0) is 4.79 Å². The van der Waals surface area contributed by atoms with Crippen LogP contribution in [0.5, 0.6) is 0 Å². The molecule has 1 aliphatic rings. The van der Waals surface area contributed by atoms with Gasteiger partial charge < -0.3 is 15.6 Å². The number of aromatic nitrogens is 1. The lowest BCUT2D eigenvalue weighted by Crippen LogP contribution is -2.49. The van der Waals surface area contributed by atoms with E-state index in [9.17, 15) is 4.79 Å². The molecule has 110 valence electrons. The molecule has 0 aromatic carbocycles. The number of anilines is 2. The Kier molecular flexibility index (Phi) is 4.91. The van der Waals surface area contributed by atoms with E-state index in [1.165, 1.54) is 0 Å². The third-order valence-electron chi connectivity index (χ3n) is 3.37. The molecule has 0 radical (unpaired) electrons. The van der Waals surface area contributed by atoms with Crippen LogP contribution in [0.3, 0.4) is 0 Å². The number of hydrogen-bond donors (Lipinski definition) is 3. The van der Waals surface area contributed by atoms with Gasteiger partial charge in [-0.2, -0.15) is 0 Å². The highest BCUT2D eigenvalue weighted by atomic mass is 35.5. The number of carbonyl (C=O) groups excluding carboxylic acids is 1. The van der Waals surface area contributed by atoms with Crippen molar-refractivity contribution in [1.82, 2.24) is 10.3 Å². The highest BCUT2D eigenvalue weighted by molar-refractivity contribution is 6.37. The van der Waals surface area contributed by atoms with Crippen LogP contribution in [-0.4, -0.2) is 30.5 Å². The van der Waals surface area contributed by atoms with Crippen molar-refractivity contribution in [3.05, 3.63) is 16.1 Å². The highest BCUT2D eigenvalue weighted by Gasteiger charge is 2.30. The van der Waals surface area contributed by atoms with E-state index in [-0.39, 0.29) is 11.9 Å². The predicted octanol–water partition coefficient (Wildman–Crippen LogP) is 1.78. The van der Waals surface area contributed by atoms with E-state index in [1.807, 2.05) is 4.90 Å². The molecule has 1 saturated heterocycles. The van der Waals surface area contributed by atoms with Crippen molar-refractivity contribution in [2.45, 2.75) is 25.3 Å². The van der Waals surface area contributed by atoms with Gasteiger partial charge in [-0.15, -0.1) is 0 Å². The summed E-state index contributed by atoms with van der Waals surface area (Å²) in [6.07, 6.45) is 2.76. The van der Waals surface area contributed by atoms with Gasteiger partial charge in [-0.25, -0.2) is 10.8 Å². The fourth-order valence-electron chi connectivity index (χ4n) is 2.38. The average molecular weight is 318 g/mol. The zero-order valence-corrected chi connectivity index (χ0v) is 12.6. The molecular weight excluding hydrogens is 301 g/mol. The SMILES string of the molecule is CNC(=O)C1CCCCN1c1nc(NN)c(Cl)cc1Cl. The number of hydrogen-bond acceptors (Lipinski definition) is 5. The molecule has 2 rings (SSSR count). The van der Waals surface area contributed by atoms with Crippen LogP contribution < -0.4 is 21.5 Å². The first kappa shape index (κ1) is 15.2. The molecule has 6 nitrogen and oxygen atoms in total. The zero-order valence-electron chi connectivity index (χ0n) is 11.1. The molecule has 1 fully saturated rings. The molecule has 0 bridgehead atoms. The van der Waals surface area contributed by atoms with Gasteiger partial charge in [0.05, 0.1) is 10.0 Å². The van der Waals surface area contributed by atoms with Gasteiger partial charge in [0.1, 0.15) is 6.04 Å². The lowest BCUT2D eigenvalue weighted by atomic mass is 10.0. The first-order valence-corrected chi connectivity index (χ1v) is 7.15. The second kappa shape index (κ2) is 6.47. The molecule has 20 heavy (non-hydrogen) atoms. The van der Waals surface area contributed by atoms with E-state index in [0.717, 1.165) is 25.8 Å². The first-order chi connectivity index (χ1) is 9.58. The Morgan fingerprint density at radius 1 is 1.45 bits per heavy atom. The Bertz CT molecular complexity index is 511. The van der Waals surface area contributed by atoms with Crippen LogP contribution in [0.2, 0.25) is 10.0 Å². The van der Waals surface area contributed by atoms with E-state index in [4.69, 9.17) is 29.0 Å². The Balaban J connectivity index is 2.39. The summed E-state index contributed by atoms with van der Waals surface area (Å²) < 4.78 is 0. The van der Waals surface area contributed by atoms with Crippen LogP contribution in [0, 0.1) is 0 Å². The van der Waals surface area contributed by atoms with Gasteiger partial charge in [-0.3, -0.25) is 4.79 Å². The van der Waals surface area contributed by atoms with Gasteiger partial charge in [-0.1, -0.05) is 23.2 Å². The number of nitrogens with zero attached hydrogens (tertiary/aromatic N) is 2. The molecule has 4 N–H and O–H groups in total. The zero-order chi connectivity index (χ0) is 14.7. The predicted molar refractivity (Wildman–Crippen MR) is 81.1 cm³/mol. The number of carbonyl (C=O) groups is 1. The quantitative estimate of drug-likeness (QED) is 0.584. The Morgan fingerprint density at radius 3 is 2.85 bits per heavy atom. The molecule has 0 spiro atoms. The van der Waals surface area contributed by atoms with Gasteiger partial charge >= 0.3 is 0 Å². The van der Waals surface area contributed by atoms with Gasteiger partial charge in [-0.05, 0) is 25.3 Å². The lowest BCUT2D eigenvalue weighted by molar-refractivity contribution is -0.122. The normalized spacial score (nSPS) is 18.8. The summed E-state index contributed by atoms with van der Waals surface area (Å²) in [6, 6.07) is 1.31. The number of nitrogen functional groups attached to an aromatic ring is 1. The second-order valence-electron chi connectivity index (χ2n) is 4.59. The minimum absolute atomic E-state index is 0.0419. The number of amides is 1. The third-order valence-corrected chi connectivity index (χ3v) is 3.94. The fourth-order valence-corrected chi connectivity index (χ4v) is 2.91. The Hall–Kier alpha value is -1.24.